The molecule has 1 spiro atoms. The van der Waals surface area contributed by atoms with Crippen molar-refractivity contribution in [3.63, 3.8) is 0 Å². The molecule has 3 aliphatic rings. The van der Waals surface area contributed by atoms with Crippen LogP contribution >= 0.6 is 11.6 Å². The third-order valence-electron chi connectivity index (χ3n) is 9.96. The normalized spacial score (nSPS) is 21.2. The lowest BCUT2D eigenvalue weighted by molar-refractivity contribution is -0.384. The first-order chi connectivity index (χ1) is 22.3. The maximum absolute atomic E-state index is 13.2. The Morgan fingerprint density at radius 1 is 1.11 bits per heavy atom. The first kappa shape index (κ1) is 30.3. The fraction of sp³-hybridized carbons (Fsp3) is 0.343. The zero-order chi connectivity index (χ0) is 32.0. The first-order valence-electron chi connectivity index (χ1n) is 15.7. The fourth-order valence-corrected chi connectivity index (χ4v) is 8.12. The highest BCUT2D eigenvalue weighted by Crippen LogP contribution is 2.58. The van der Waals surface area contributed by atoms with Gasteiger partial charge in [-0.3, -0.25) is 10.1 Å². The highest BCUT2D eigenvalue weighted by atomic mass is 35.5. The molecule has 0 saturated carbocycles. The molecular weight excluding hydrogens is 604 g/mol. The Kier molecular flexibility index (Phi) is 7.96. The molecule has 236 valence electrons. The second-order valence-corrected chi connectivity index (χ2v) is 12.8. The number of nitro groups is 1. The van der Waals surface area contributed by atoms with Crippen LogP contribution in [-0.4, -0.2) is 40.0 Å². The van der Waals surface area contributed by atoms with Gasteiger partial charge in [-0.25, -0.2) is 14.8 Å². The number of piperidine rings is 1. The van der Waals surface area contributed by atoms with Crippen molar-refractivity contribution in [2.75, 3.05) is 18.0 Å². The number of carbonyl (C=O) groups excluding carboxylic acids is 1. The standard InChI is InChI=1S/C35H35ClN6O4/c1-21-17-28(46-34(43)23-7-9-24(10-8-23)42(44)45)32-30(21)33(40-20-39-32)41-27-12-11-26(36)25(19-37)31(27)35(13-15-38-16-14-35)29(41)18-22-5-3-2-4-6-22/h2-12,20-21,28-29,38H,13-19,37H2,1H3/t21-,28-,29-/m1/s1. The molecule has 0 amide bonds. The predicted molar refractivity (Wildman–Crippen MR) is 176 cm³/mol. The molecule has 4 aromatic rings. The van der Waals surface area contributed by atoms with Gasteiger partial charge in [0.05, 0.1) is 16.2 Å². The van der Waals surface area contributed by atoms with E-state index >= 15 is 0 Å². The minimum atomic E-state index is -0.582. The number of carbonyl (C=O) groups is 1. The van der Waals surface area contributed by atoms with Crippen molar-refractivity contribution in [2.24, 2.45) is 5.73 Å². The second-order valence-electron chi connectivity index (χ2n) is 12.4. The fourth-order valence-electron chi connectivity index (χ4n) is 7.88. The Morgan fingerprint density at radius 2 is 1.85 bits per heavy atom. The maximum atomic E-state index is 13.2. The number of esters is 1. The number of hydrogen-bond acceptors (Lipinski definition) is 9. The lowest BCUT2D eigenvalue weighted by atomic mass is 9.67. The summed E-state index contributed by atoms with van der Waals surface area (Å²) in [6.45, 7) is 4.21. The molecule has 3 heterocycles. The van der Waals surface area contributed by atoms with Gasteiger partial charge < -0.3 is 20.7 Å². The zero-order valence-electron chi connectivity index (χ0n) is 25.5. The van der Waals surface area contributed by atoms with Crippen molar-refractivity contribution in [1.82, 2.24) is 15.3 Å². The molecule has 11 heteroatoms. The van der Waals surface area contributed by atoms with Crippen LogP contribution in [-0.2, 0) is 23.1 Å². The van der Waals surface area contributed by atoms with E-state index in [2.05, 4.69) is 52.5 Å². The van der Waals surface area contributed by atoms with E-state index in [1.54, 1.807) is 6.33 Å². The van der Waals surface area contributed by atoms with E-state index in [0.717, 1.165) is 55.0 Å². The SMILES string of the molecule is C[C@@H]1C[C@@H](OC(=O)c2ccc([N+](=O)[O-])cc2)c2ncnc(N3c4ccc(Cl)c(CN)c4C4(CCNCC4)[C@H]3Cc3ccccc3)c21. The summed E-state index contributed by atoms with van der Waals surface area (Å²) in [5.74, 6) is 0.270. The van der Waals surface area contributed by atoms with Crippen LogP contribution in [0, 0.1) is 10.1 Å². The van der Waals surface area contributed by atoms with Crippen LogP contribution in [0.15, 0.2) is 73.1 Å². The molecule has 7 rings (SSSR count). The topological polar surface area (TPSA) is 137 Å². The van der Waals surface area contributed by atoms with Crippen LogP contribution in [0.2, 0.25) is 5.02 Å². The Labute approximate surface area is 272 Å². The van der Waals surface area contributed by atoms with Gasteiger partial charge in [-0.15, -0.1) is 0 Å². The molecule has 10 nitrogen and oxygen atoms in total. The van der Waals surface area contributed by atoms with Crippen molar-refractivity contribution >= 4 is 34.8 Å². The molecular formula is C35H35ClN6O4. The number of nitrogens with two attached hydrogens (primary N) is 1. The molecule has 0 bridgehead atoms. The van der Waals surface area contributed by atoms with Crippen molar-refractivity contribution in [2.45, 2.75) is 62.6 Å². The number of hydrogen-bond donors (Lipinski definition) is 2. The highest BCUT2D eigenvalue weighted by molar-refractivity contribution is 6.31. The zero-order valence-corrected chi connectivity index (χ0v) is 26.2. The van der Waals surface area contributed by atoms with Gasteiger partial charge in [0, 0.05) is 46.4 Å². The summed E-state index contributed by atoms with van der Waals surface area (Å²) in [5.41, 5.74) is 12.5. The number of nitrogens with zero attached hydrogens (tertiary/aromatic N) is 4. The molecule has 1 fully saturated rings. The third kappa shape index (κ3) is 5.01. The van der Waals surface area contributed by atoms with Crippen LogP contribution in [0.3, 0.4) is 0 Å². The highest BCUT2D eigenvalue weighted by Gasteiger charge is 2.54. The van der Waals surface area contributed by atoms with Gasteiger partial charge in [-0.05, 0) is 85.6 Å². The van der Waals surface area contributed by atoms with E-state index in [9.17, 15) is 14.9 Å². The average Bonchev–Trinajstić information content (AvgIpc) is 3.52. The van der Waals surface area contributed by atoms with E-state index in [0.29, 0.717) is 23.7 Å². The summed E-state index contributed by atoms with van der Waals surface area (Å²) in [6, 6.07) is 20.1. The monoisotopic (exact) mass is 638 g/mol. The number of fused-ring (bicyclic) bond motifs is 3. The van der Waals surface area contributed by atoms with Gasteiger partial charge in [0.25, 0.3) is 5.69 Å². The molecule has 0 radical (unpaired) electrons. The van der Waals surface area contributed by atoms with Gasteiger partial charge in [-0.2, -0.15) is 0 Å². The molecule has 0 unspecified atom stereocenters. The molecule has 46 heavy (non-hydrogen) atoms. The number of benzene rings is 3. The van der Waals surface area contributed by atoms with Crippen LogP contribution in [0.5, 0.6) is 0 Å². The van der Waals surface area contributed by atoms with Gasteiger partial charge in [0.2, 0.25) is 0 Å². The van der Waals surface area contributed by atoms with E-state index in [-0.39, 0.29) is 28.6 Å². The lowest BCUT2D eigenvalue weighted by Crippen LogP contribution is -2.51. The van der Waals surface area contributed by atoms with Crippen LogP contribution in [0.25, 0.3) is 0 Å². The van der Waals surface area contributed by atoms with Crippen molar-refractivity contribution in [3.8, 4) is 0 Å². The van der Waals surface area contributed by atoms with Gasteiger partial charge in [0.1, 0.15) is 18.2 Å². The number of rotatable bonds is 7. The number of nitro benzene ring substituents is 1. The molecule has 1 saturated heterocycles. The Balaban J connectivity index is 1.33. The van der Waals surface area contributed by atoms with Crippen LogP contribution in [0.4, 0.5) is 17.2 Å². The minimum absolute atomic E-state index is 0.00698. The van der Waals surface area contributed by atoms with E-state index < -0.39 is 17.0 Å². The number of non-ortho nitro benzene ring substituents is 1. The second kappa shape index (κ2) is 12.1. The van der Waals surface area contributed by atoms with Crippen molar-refractivity contribution in [3.05, 3.63) is 122 Å². The Morgan fingerprint density at radius 3 is 2.54 bits per heavy atom. The predicted octanol–water partition coefficient (Wildman–Crippen LogP) is 6.29. The smallest absolute Gasteiger partial charge is 0.338 e. The summed E-state index contributed by atoms with van der Waals surface area (Å²) < 4.78 is 6.01. The number of nitrogens with one attached hydrogen (secondary N) is 1. The minimum Gasteiger partial charge on any atom is -0.452 e. The van der Waals surface area contributed by atoms with Crippen LogP contribution in [0.1, 0.15) is 76.5 Å². The van der Waals surface area contributed by atoms with E-state index in [1.165, 1.54) is 35.4 Å². The lowest BCUT2D eigenvalue weighted by Gasteiger charge is -2.43. The van der Waals surface area contributed by atoms with Gasteiger partial charge in [-0.1, -0.05) is 48.9 Å². The summed E-state index contributed by atoms with van der Waals surface area (Å²) in [6.07, 6.45) is 4.18. The average molecular weight is 639 g/mol. The molecule has 3 N–H and O–H groups in total. The van der Waals surface area contributed by atoms with E-state index in [1.807, 2.05) is 12.1 Å². The number of anilines is 2. The molecule has 2 aliphatic heterocycles. The number of aromatic nitrogens is 2. The Bertz CT molecular complexity index is 1800. The Hall–Kier alpha value is -4.38. The maximum Gasteiger partial charge on any atom is 0.338 e. The number of halogens is 1. The molecule has 1 aliphatic carbocycles. The first-order valence-corrected chi connectivity index (χ1v) is 16.1. The van der Waals surface area contributed by atoms with E-state index in [4.69, 9.17) is 27.1 Å². The van der Waals surface area contributed by atoms with Gasteiger partial charge >= 0.3 is 5.97 Å². The largest absolute Gasteiger partial charge is 0.452 e. The third-order valence-corrected chi connectivity index (χ3v) is 10.3. The van der Waals surface area contributed by atoms with Gasteiger partial charge in [0.15, 0.2) is 0 Å². The number of ether oxygens (including phenoxy) is 1. The molecule has 1 aromatic heterocycles. The van der Waals surface area contributed by atoms with Crippen molar-refractivity contribution < 1.29 is 14.5 Å². The summed E-state index contributed by atoms with van der Waals surface area (Å²) in [4.78, 5) is 35.8. The summed E-state index contributed by atoms with van der Waals surface area (Å²) in [7, 11) is 0. The van der Waals surface area contributed by atoms with Crippen molar-refractivity contribution in [1.29, 1.82) is 0 Å². The molecule has 3 atom stereocenters. The quantitative estimate of drug-likeness (QED) is 0.136. The summed E-state index contributed by atoms with van der Waals surface area (Å²) >= 11 is 6.85. The van der Waals surface area contributed by atoms with Crippen LogP contribution < -0.4 is 16.0 Å². The summed E-state index contributed by atoms with van der Waals surface area (Å²) in [5, 5.41) is 15.3. The molecule has 3 aromatic carbocycles.